The number of nitrogens with zero attached hydrogens (tertiary/aromatic N) is 4. The summed E-state index contributed by atoms with van der Waals surface area (Å²) in [7, 11) is 0. The molecule has 0 bridgehead atoms. The molecule has 4 heteroatoms. The van der Waals surface area contributed by atoms with Crippen molar-refractivity contribution >= 4 is 22.1 Å². The smallest absolute Gasteiger partial charge is 0.177 e. The molecular formula is C32H46N4. The van der Waals surface area contributed by atoms with Crippen molar-refractivity contribution in [1.29, 1.82) is 0 Å². The Morgan fingerprint density at radius 3 is 1.33 bits per heavy atom. The molecule has 0 radical (unpaired) electrons. The molecule has 2 heterocycles. The van der Waals surface area contributed by atoms with E-state index in [1.54, 1.807) is 0 Å². The maximum absolute atomic E-state index is 5.20. The number of rotatable bonds is 15. The molecule has 194 valence electrons. The summed E-state index contributed by atoms with van der Waals surface area (Å²) < 4.78 is 4.89. The Balaban J connectivity index is 1.67. The van der Waals surface area contributed by atoms with Crippen LogP contribution in [-0.2, 0) is 13.1 Å². The molecule has 0 unspecified atom stereocenters. The van der Waals surface area contributed by atoms with Crippen LogP contribution >= 0.6 is 0 Å². The Bertz CT molecular complexity index is 1150. The highest BCUT2D eigenvalue weighted by Gasteiger charge is 2.20. The summed E-state index contributed by atoms with van der Waals surface area (Å²) in [6.07, 6.45) is 15.6. The van der Waals surface area contributed by atoms with Crippen LogP contribution in [0.3, 0.4) is 0 Å². The summed E-state index contributed by atoms with van der Waals surface area (Å²) in [6.45, 7) is 10.9. The topological polar surface area (TPSA) is 35.6 Å². The fraction of sp³-hybridized carbons (Fsp3) is 0.562. The van der Waals surface area contributed by atoms with Gasteiger partial charge in [-0.2, -0.15) is 0 Å². The predicted molar refractivity (Wildman–Crippen MR) is 155 cm³/mol. The molecule has 0 aliphatic heterocycles. The Morgan fingerprint density at radius 2 is 0.917 bits per heavy atom. The van der Waals surface area contributed by atoms with Crippen molar-refractivity contribution in [2.24, 2.45) is 0 Å². The van der Waals surface area contributed by atoms with E-state index in [0.29, 0.717) is 0 Å². The van der Waals surface area contributed by atoms with Crippen LogP contribution in [0, 0.1) is 13.8 Å². The third-order valence-electron chi connectivity index (χ3n) is 7.48. The van der Waals surface area contributed by atoms with Gasteiger partial charge < -0.3 is 9.13 Å². The van der Waals surface area contributed by atoms with Gasteiger partial charge in [0.1, 0.15) is 0 Å². The van der Waals surface area contributed by atoms with E-state index in [1.165, 1.54) is 99.2 Å². The molecule has 0 amide bonds. The Labute approximate surface area is 218 Å². The van der Waals surface area contributed by atoms with Gasteiger partial charge in [0.25, 0.3) is 0 Å². The van der Waals surface area contributed by atoms with E-state index in [1.807, 2.05) is 0 Å². The molecule has 0 N–H and O–H groups in total. The minimum absolute atomic E-state index is 1.00. The van der Waals surface area contributed by atoms with Crippen molar-refractivity contribution in [3.8, 4) is 11.6 Å². The van der Waals surface area contributed by atoms with Gasteiger partial charge in [-0.3, -0.25) is 0 Å². The molecule has 0 aliphatic rings. The molecule has 4 rings (SSSR count). The lowest BCUT2D eigenvalue weighted by Crippen LogP contribution is -2.07. The molecule has 4 aromatic rings. The van der Waals surface area contributed by atoms with Crippen LogP contribution in [0.4, 0.5) is 0 Å². The fourth-order valence-electron chi connectivity index (χ4n) is 5.37. The van der Waals surface area contributed by atoms with E-state index in [0.717, 1.165) is 35.8 Å². The first-order valence-corrected chi connectivity index (χ1v) is 14.6. The average Bonchev–Trinajstić information content (AvgIpc) is 3.40. The molecule has 4 nitrogen and oxygen atoms in total. The summed E-state index contributed by atoms with van der Waals surface area (Å²) in [5.41, 5.74) is 7.16. The van der Waals surface area contributed by atoms with Crippen molar-refractivity contribution in [2.45, 2.75) is 118 Å². The third kappa shape index (κ3) is 6.38. The standard InChI is InChI=1S/C32H46N4/c1-5-7-9-11-13-15-21-35-29-19-17-25(3)23-27(29)33-31(35)32-34-28-24-26(4)18-20-30(28)36(32)22-16-14-12-10-8-6-2/h17-20,23-24H,5-16,21-22H2,1-4H3. The third-order valence-corrected chi connectivity index (χ3v) is 7.48. The molecule has 36 heavy (non-hydrogen) atoms. The Morgan fingerprint density at radius 1 is 0.528 bits per heavy atom. The van der Waals surface area contributed by atoms with Gasteiger partial charge >= 0.3 is 0 Å². The first-order valence-electron chi connectivity index (χ1n) is 14.6. The SMILES string of the molecule is CCCCCCCCn1c(-c2nc3cc(C)ccc3n2CCCCCCCC)nc2cc(C)ccc21. The maximum Gasteiger partial charge on any atom is 0.177 e. The highest BCUT2D eigenvalue weighted by molar-refractivity contribution is 5.84. The van der Waals surface area contributed by atoms with Gasteiger partial charge in [0.15, 0.2) is 11.6 Å². The Hall–Kier alpha value is -2.62. The van der Waals surface area contributed by atoms with E-state index < -0.39 is 0 Å². The second-order valence-corrected chi connectivity index (χ2v) is 10.7. The largest absolute Gasteiger partial charge is 0.321 e. The minimum atomic E-state index is 1.00. The molecule has 0 saturated heterocycles. The predicted octanol–water partition coefficient (Wildman–Crippen LogP) is 9.39. The number of aromatic nitrogens is 4. The second kappa shape index (κ2) is 13.1. The van der Waals surface area contributed by atoms with Gasteiger partial charge in [-0.1, -0.05) is 90.2 Å². The lowest BCUT2D eigenvalue weighted by molar-refractivity contribution is 0.556. The minimum Gasteiger partial charge on any atom is -0.321 e. The maximum atomic E-state index is 5.20. The quantitative estimate of drug-likeness (QED) is 0.157. The number of imidazole rings is 2. The molecule has 0 saturated carbocycles. The molecule has 0 spiro atoms. The first kappa shape index (κ1) is 26.4. The molecule has 2 aromatic carbocycles. The van der Waals surface area contributed by atoms with Crippen molar-refractivity contribution in [3.05, 3.63) is 47.5 Å². The lowest BCUT2D eigenvalue weighted by atomic mass is 10.1. The van der Waals surface area contributed by atoms with Crippen molar-refractivity contribution < 1.29 is 0 Å². The van der Waals surface area contributed by atoms with Crippen molar-refractivity contribution in [1.82, 2.24) is 19.1 Å². The highest BCUT2D eigenvalue weighted by Crippen LogP contribution is 2.30. The van der Waals surface area contributed by atoms with Gasteiger partial charge in [-0.15, -0.1) is 0 Å². The summed E-state index contributed by atoms with van der Waals surface area (Å²) in [6, 6.07) is 13.4. The van der Waals surface area contributed by atoms with E-state index in [-0.39, 0.29) is 0 Å². The van der Waals surface area contributed by atoms with Crippen LogP contribution in [0.2, 0.25) is 0 Å². The summed E-state index contributed by atoms with van der Waals surface area (Å²) >= 11 is 0. The molecule has 0 atom stereocenters. The average molecular weight is 487 g/mol. The van der Waals surface area contributed by atoms with E-state index in [2.05, 4.69) is 73.2 Å². The van der Waals surface area contributed by atoms with Crippen LogP contribution in [0.25, 0.3) is 33.7 Å². The number of hydrogen-bond acceptors (Lipinski definition) is 2. The zero-order valence-electron chi connectivity index (χ0n) is 23.2. The van der Waals surface area contributed by atoms with Gasteiger partial charge in [-0.05, 0) is 62.1 Å². The molecule has 0 fully saturated rings. The molecular weight excluding hydrogens is 440 g/mol. The summed E-state index contributed by atoms with van der Waals surface area (Å²) in [4.78, 5) is 10.4. The second-order valence-electron chi connectivity index (χ2n) is 10.7. The van der Waals surface area contributed by atoms with Gasteiger partial charge in [-0.25, -0.2) is 9.97 Å². The van der Waals surface area contributed by atoms with Gasteiger partial charge in [0.05, 0.1) is 22.1 Å². The van der Waals surface area contributed by atoms with E-state index in [9.17, 15) is 0 Å². The molecule has 0 aliphatic carbocycles. The Kier molecular flexibility index (Phi) is 9.60. The van der Waals surface area contributed by atoms with Crippen LogP contribution in [-0.4, -0.2) is 19.1 Å². The van der Waals surface area contributed by atoms with E-state index >= 15 is 0 Å². The van der Waals surface area contributed by atoms with E-state index in [4.69, 9.17) is 9.97 Å². The number of unbranched alkanes of at least 4 members (excludes halogenated alkanes) is 10. The zero-order valence-corrected chi connectivity index (χ0v) is 23.2. The van der Waals surface area contributed by atoms with Crippen LogP contribution < -0.4 is 0 Å². The lowest BCUT2D eigenvalue weighted by Gasteiger charge is -2.12. The van der Waals surface area contributed by atoms with Crippen molar-refractivity contribution in [3.63, 3.8) is 0 Å². The van der Waals surface area contributed by atoms with Gasteiger partial charge in [0.2, 0.25) is 0 Å². The van der Waals surface area contributed by atoms with Crippen molar-refractivity contribution in [2.75, 3.05) is 0 Å². The monoisotopic (exact) mass is 486 g/mol. The number of benzene rings is 2. The fourth-order valence-corrected chi connectivity index (χ4v) is 5.37. The highest BCUT2D eigenvalue weighted by atomic mass is 15.2. The molecule has 2 aromatic heterocycles. The van der Waals surface area contributed by atoms with Crippen LogP contribution in [0.15, 0.2) is 36.4 Å². The normalized spacial score (nSPS) is 11.8. The number of fused-ring (bicyclic) bond motifs is 2. The number of hydrogen-bond donors (Lipinski definition) is 0. The zero-order chi connectivity index (χ0) is 25.3. The number of aryl methyl sites for hydroxylation is 4. The summed E-state index contributed by atoms with van der Waals surface area (Å²) in [5, 5.41) is 0. The summed E-state index contributed by atoms with van der Waals surface area (Å²) in [5.74, 6) is 2.06. The van der Waals surface area contributed by atoms with Gasteiger partial charge in [0, 0.05) is 13.1 Å². The first-order chi connectivity index (χ1) is 17.6. The van der Waals surface area contributed by atoms with Crippen LogP contribution in [0.1, 0.15) is 102 Å². The van der Waals surface area contributed by atoms with Crippen LogP contribution in [0.5, 0.6) is 0 Å².